The zero-order chi connectivity index (χ0) is 19.7. The molecule has 0 spiro atoms. The molecule has 0 amide bonds. The fraction of sp³-hybridized carbons (Fsp3) is 0.478. The lowest BCUT2D eigenvalue weighted by molar-refractivity contribution is 0.155. The summed E-state index contributed by atoms with van der Waals surface area (Å²) >= 11 is 0. The predicted octanol–water partition coefficient (Wildman–Crippen LogP) is 6.84. The summed E-state index contributed by atoms with van der Waals surface area (Å²) in [5, 5.41) is 0. The van der Waals surface area contributed by atoms with E-state index in [1.165, 1.54) is 0 Å². The van der Waals surface area contributed by atoms with Crippen molar-refractivity contribution >= 4 is 7.52 Å². The first-order valence-electron chi connectivity index (χ1n) is 9.89. The number of nitrogens with zero attached hydrogens (tertiary/aromatic N) is 1. The molecule has 0 N–H and O–H groups in total. The summed E-state index contributed by atoms with van der Waals surface area (Å²) in [7, 11) is -2.97. The Hall–Kier alpha value is -1.41. The molecule has 146 valence electrons. The Morgan fingerprint density at radius 3 is 1.96 bits per heavy atom. The fourth-order valence-corrected chi connectivity index (χ4v) is 7.32. The van der Waals surface area contributed by atoms with Gasteiger partial charge in [-0.25, -0.2) is 4.67 Å². The highest BCUT2D eigenvalue weighted by Crippen LogP contribution is 2.70. The highest BCUT2D eigenvalue weighted by Gasteiger charge is 2.54. The van der Waals surface area contributed by atoms with E-state index in [-0.39, 0.29) is 17.7 Å². The Morgan fingerprint density at radius 1 is 0.963 bits per heavy atom. The lowest BCUT2D eigenvalue weighted by Crippen LogP contribution is -2.39. The molecule has 0 saturated carbocycles. The van der Waals surface area contributed by atoms with Gasteiger partial charge in [0.25, 0.3) is 7.52 Å². The molecule has 0 bridgehead atoms. The van der Waals surface area contributed by atoms with E-state index in [2.05, 4.69) is 75.7 Å². The van der Waals surface area contributed by atoms with E-state index in [0.717, 1.165) is 17.5 Å². The largest absolute Gasteiger partial charge is 0.307 e. The van der Waals surface area contributed by atoms with E-state index >= 15 is 0 Å². The molecule has 1 fully saturated rings. The van der Waals surface area contributed by atoms with Crippen molar-refractivity contribution in [3.8, 4) is 0 Å². The summed E-state index contributed by atoms with van der Waals surface area (Å²) in [6.45, 7) is 10.8. The van der Waals surface area contributed by atoms with Gasteiger partial charge in [-0.1, -0.05) is 74.5 Å². The average Bonchev–Trinajstić information content (AvgIpc) is 2.96. The molecule has 4 heteroatoms. The fourth-order valence-electron chi connectivity index (χ4n) is 3.91. The zero-order valence-corrected chi connectivity index (χ0v) is 18.0. The second-order valence-corrected chi connectivity index (χ2v) is 11.2. The van der Waals surface area contributed by atoms with Gasteiger partial charge < -0.3 is 4.52 Å². The van der Waals surface area contributed by atoms with Gasteiger partial charge in [0.15, 0.2) is 0 Å². The molecule has 27 heavy (non-hydrogen) atoms. The maximum atomic E-state index is 14.2. The molecule has 0 aromatic heterocycles. The van der Waals surface area contributed by atoms with Crippen LogP contribution in [0.5, 0.6) is 0 Å². The molecule has 1 saturated heterocycles. The van der Waals surface area contributed by atoms with Gasteiger partial charge in [-0.05, 0) is 44.2 Å². The van der Waals surface area contributed by atoms with Crippen molar-refractivity contribution in [2.45, 2.75) is 58.7 Å². The van der Waals surface area contributed by atoms with E-state index in [0.29, 0.717) is 12.1 Å². The zero-order valence-electron chi connectivity index (χ0n) is 17.1. The lowest BCUT2D eigenvalue weighted by Gasteiger charge is -2.39. The SMILES string of the molecule is CC(C)CCP1(=O)OC(c2ccccc2)C(c2ccccc2)N1C(C)(C)C. The van der Waals surface area contributed by atoms with Crippen LogP contribution >= 0.6 is 7.52 Å². The van der Waals surface area contributed by atoms with Crippen molar-refractivity contribution in [3.05, 3.63) is 71.8 Å². The summed E-state index contributed by atoms with van der Waals surface area (Å²) in [6.07, 6.45) is 1.26. The van der Waals surface area contributed by atoms with Crippen molar-refractivity contribution < 1.29 is 9.09 Å². The van der Waals surface area contributed by atoms with Crippen LogP contribution in [0.15, 0.2) is 60.7 Å². The Bertz CT molecular complexity index is 783. The maximum absolute atomic E-state index is 14.2. The summed E-state index contributed by atoms with van der Waals surface area (Å²) in [5.74, 6) is 0.493. The van der Waals surface area contributed by atoms with E-state index in [4.69, 9.17) is 4.52 Å². The van der Waals surface area contributed by atoms with E-state index in [1.54, 1.807) is 0 Å². The van der Waals surface area contributed by atoms with Crippen molar-refractivity contribution in [2.24, 2.45) is 5.92 Å². The Morgan fingerprint density at radius 2 is 1.48 bits per heavy atom. The minimum Gasteiger partial charge on any atom is -0.307 e. The van der Waals surface area contributed by atoms with Gasteiger partial charge >= 0.3 is 0 Å². The highest BCUT2D eigenvalue weighted by molar-refractivity contribution is 7.56. The van der Waals surface area contributed by atoms with Crippen LogP contribution in [0, 0.1) is 5.92 Å². The number of benzene rings is 2. The summed E-state index contributed by atoms with van der Waals surface area (Å²) in [4.78, 5) is 0. The van der Waals surface area contributed by atoms with E-state index in [9.17, 15) is 4.57 Å². The molecule has 1 heterocycles. The van der Waals surface area contributed by atoms with Crippen molar-refractivity contribution in [1.29, 1.82) is 0 Å². The van der Waals surface area contributed by atoms with Crippen LogP contribution < -0.4 is 0 Å². The Labute approximate surface area is 164 Å². The molecule has 3 unspecified atom stereocenters. The number of hydrogen-bond donors (Lipinski definition) is 0. The third-order valence-corrected chi connectivity index (χ3v) is 7.99. The summed E-state index contributed by atoms with van der Waals surface area (Å²) < 4.78 is 22.8. The van der Waals surface area contributed by atoms with Gasteiger partial charge in [0.2, 0.25) is 0 Å². The van der Waals surface area contributed by atoms with Crippen molar-refractivity contribution in [2.75, 3.05) is 6.16 Å². The molecule has 1 aliphatic rings. The van der Waals surface area contributed by atoms with Gasteiger partial charge in [-0.15, -0.1) is 0 Å². The van der Waals surface area contributed by atoms with Crippen LogP contribution in [0.4, 0.5) is 0 Å². The smallest absolute Gasteiger partial charge is 0.274 e. The second kappa shape index (κ2) is 7.91. The van der Waals surface area contributed by atoms with Crippen LogP contribution in [0.2, 0.25) is 0 Å². The van der Waals surface area contributed by atoms with Crippen LogP contribution in [-0.2, 0) is 9.09 Å². The first-order valence-corrected chi connectivity index (χ1v) is 11.7. The first-order chi connectivity index (χ1) is 12.7. The topological polar surface area (TPSA) is 29.5 Å². The van der Waals surface area contributed by atoms with Gasteiger partial charge in [-0.3, -0.25) is 4.57 Å². The monoisotopic (exact) mass is 385 g/mol. The molecule has 3 atom stereocenters. The lowest BCUT2D eigenvalue weighted by atomic mass is 9.93. The molecule has 1 aliphatic heterocycles. The standard InChI is InChI=1S/C23H32NO2P/c1-18(2)16-17-27(25)24(23(3,4)5)21(19-12-8-6-9-13-19)22(26-27)20-14-10-7-11-15-20/h6-15,18,21-22H,16-17H2,1-5H3. The third-order valence-electron chi connectivity index (χ3n) is 5.10. The molecule has 0 aliphatic carbocycles. The molecule has 3 rings (SSSR count). The first kappa shape index (κ1) is 20.3. The van der Waals surface area contributed by atoms with Crippen molar-refractivity contribution in [1.82, 2.24) is 4.67 Å². The van der Waals surface area contributed by atoms with Gasteiger partial charge in [0.05, 0.1) is 6.04 Å². The van der Waals surface area contributed by atoms with Crippen LogP contribution in [0.1, 0.15) is 64.3 Å². The van der Waals surface area contributed by atoms with Crippen LogP contribution in [0.25, 0.3) is 0 Å². The number of hydrogen-bond acceptors (Lipinski definition) is 2. The predicted molar refractivity (Wildman–Crippen MR) is 113 cm³/mol. The molecule has 0 radical (unpaired) electrons. The van der Waals surface area contributed by atoms with Gasteiger partial charge in [0.1, 0.15) is 6.10 Å². The van der Waals surface area contributed by atoms with E-state index in [1.807, 2.05) is 24.3 Å². The Kier molecular flexibility index (Phi) is 5.96. The average molecular weight is 385 g/mol. The second-order valence-electron chi connectivity index (χ2n) is 8.85. The third kappa shape index (κ3) is 4.37. The minimum absolute atomic E-state index is 0.0633. The molecule has 2 aromatic carbocycles. The minimum atomic E-state index is -2.97. The van der Waals surface area contributed by atoms with Gasteiger partial charge in [0, 0.05) is 11.7 Å². The quantitative estimate of drug-likeness (QED) is 0.528. The molecule has 3 nitrogen and oxygen atoms in total. The maximum Gasteiger partial charge on any atom is 0.274 e. The van der Waals surface area contributed by atoms with Crippen LogP contribution in [-0.4, -0.2) is 16.4 Å². The van der Waals surface area contributed by atoms with Crippen LogP contribution in [0.3, 0.4) is 0 Å². The normalized spacial score (nSPS) is 26.6. The Balaban J connectivity index is 2.11. The highest BCUT2D eigenvalue weighted by atomic mass is 31.2. The summed E-state index contributed by atoms with van der Waals surface area (Å²) in [5.41, 5.74) is 1.97. The summed E-state index contributed by atoms with van der Waals surface area (Å²) in [6, 6.07) is 20.5. The molecular formula is C23H32NO2P. The van der Waals surface area contributed by atoms with E-state index < -0.39 is 7.52 Å². The van der Waals surface area contributed by atoms with Crippen molar-refractivity contribution in [3.63, 3.8) is 0 Å². The number of rotatable bonds is 5. The molecule has 2 aromatic rings. The molecular weight excluding hydrogens is 353 g/mol. The van der Waals surface area contributed by atoms with Gasteiger partial charge in [-0.2, -0.15) is 0 Å².